The Labute approximate surface area is 179 Å². The molecule has 3 aromatic rings. The Morgan fingerprint density at radius 2 is 2.07 bits per heavy atom. The number of nitrogens with zero attached hydrogens (tertiary/aromatic N) is 2. The summed E-state index contributed by atoms with van der Waals surface area (Å²) in [4.78, 5) is 19.2. The number of carboxylic acids is 1. The van der Waals surface area contributed by atoms with Gasteiger partial charge >= 0.3 is 5.97 Å². The minimum absolute atomic E-state index is 0.113. The van der Waals surface area contributed by atoms with Gasteiger partial charge in [-0.25, -0.2) is 9.78 Å². The van der Waals surface area contributed by atoms with Gasteiger partial charge in [-0.2, -0.15) is 0 Å². The number of methoxy groups -OCH3 is 1. The molecule has 0 fully saturated rings. The molecule has 1 aliphatic rings. The van der Waals surface area contributed by atoms with Crippen LogP contribution in [0.2, 0.25) is 5.02 Å². The SMILES string of the molecule is CCN1C/C(=C\c2cc(Cl)c(O)c(OC)c2)c2nc3ccccc3c(C(=O)O)c2C1. The number of benzene rings is 2. The van der Waals surface area contributed by atoms with Crippen LogP contribution in [0.4, 0.5) is 0 Å². The minimum Gasteiger partial charge on any atom is -0.503 e. The maximum absolute atomic E-state index is 12.2. The fourth-order valence-electron chi connectivity index (χ4n) is 3.88. The number of halogens is 1. The Kier molecular flexibility index (Phi) is 5.37. The first-order valence-corrected chi connectivity index (χ1v) is 9.95. The number of carbonyl (C=O) groups is 1. The molecule has 154 valence electrons. The van der Waals surface area contributed by atoms with Crippen molar-refractivity contribution in [1.29, 1.82) is 0 Å². The number of carboxylic acid groups (broad SMARTS) is 1. The average molecular weight is 425 g/mol. The van der Waals surface area contributed by atoms with E-state index < -0.39 is 5.97 Å². The molecule has 7 heteroatoms. The highest BCUT2D eigenvalue weighted by atomic mass is 35.5. The first-order valence-electron chi connectivity index (χ1n) is 9.57. The molecule has 0 atom stereocenters. The van der Waals surface area contributed by atoms with Gasteiger partial charge in [0.05, 0.1) is 28.9 Å². The van der Waals surface area contributed by atoms with Crippen molar-refractivity contribution in [2.45, 2.75) is 13.5 Å². The number of pyridine rings is 1. The molecule has 0 aliphatic carbocycles. The highest BCUT2D eigenvalue weighted by Crippen LogP contribution is 2.38. The molecule has 2 N–H and O–H groups in total. The predicted molar refractivity (Wildman–Crippen MR) is 117 cm³/mol. The van der Waals surface area contributed by atoms with Crippen LogP contribution in [0.25, 0.3) is 22.6 Å². The van der Waals surface area contributed by atoms with Crippen molar-refractivity contribution >= 4 is 40.1 Å². The van der Waals surface area contributed by atoms with Crippen molar-refractivity contribution in [3.63, 3.8) is 0 Å². The van der Waals surface area contributed by atoms with Gasteiger partial charge < -0.3 is 14.9 Å². The predicted octanol–water partition coefficient (Wildman–Crippen LogP) is 4.68. The molecule has 2 heterocycles. The first-order chi connectivity index (χ1) is 14.4. The van der Waals surface area contributed by atoms with E-state index in [1.165, 1.54) is 7.11 Å². The first kappa shape index (κ1) is 20.2. The van der Waals surface area contributed by atoms with Crippen molar-refractivity contribution < 1.29 is 19.7 Å². The van der Waals surface area contributed by atoms with Gasteiger partial charge in [-0.05, 0) is 42.0 Å². The Morgan fingerprint density at radius 3 is 2.77 bits per heavy atom. The number of para-hydroxylation sites is 1. The number of hydrogen-bond donors (Lipinski definition) is 2. The van der Waals surface area contributed by atoms with Crippen LogP contribution < -0.4 is 4.74 Å². The summed E-state index contributed by atoms with van der Waals surface area (Å²) in [6, 6.07) is 10.6. The monoisotopic (exact) mass is 424 g/mol. The second-order valence-corrected chi connectivity index (χ2v) is 7.57. The van der Waals surface area contributed by atoms with E-state index in [4.69, 9.17) is 21.3 Å². The maximum atomic E-state index is 12.2. The van der Waals surface area contributed by atoms with Crippen LogP contribution in [0.1, 0.15) is 34.1 Å². The molecule has 1 aromatic heterocycles. The summed E-state index contributed by atoms with van der Waals surface area (Å²) in [5.74, 6) is -0.801. The number of aromatic hydroxyl groups is 1. The number of likely N-dealkylation sites (N-methyl/N-ethyl adjacent to an activating group) is 1. The fraction of sp³-hybridized carbons (Fsp3) is 0.217. The quantitative estimate of drug-likeness (QED) is 0.633. The lowest BCUT2D eigenvalue weighted by Crippen LogP contribution is -2.31. The lowest BCUT2D eigenvalue weighted by molar-refractivity contribution is 0.0696. The van der Waals surface area contributed by atoms with E-state index in [9.17, 15) is 15.0 Å². The van der Waals surface area contributed by atoms with E-state index in [0.717, 1.165) is 17.7 Å². The summed E-state index contributed by atoms with van der Waals surface area (Å²) in [6.45, 7) is 3.94. The normalized spacial score (nSPS) is 15.4. The zero-order chi connectivity index (χ0) is 21.4. The average Bonchev–Trinajstić information content (AvgIpc) is 2.74. The van der Waals surface area contributed by atoms with Crippen molar-refractivity contribution in [2.24, 2.45) is 0 Å². The van der Waals surface area contributed by atoms with Crippen molar-refractivity contribution in [3.8, 4) is 11.5 Å². The molecular formula is C23H21ClN2O4. The number of phenols is 1. The molecule has 1 aliphatic heterocycles. The number of hydrogen-bond acceptors (Lipinski definition) is 5. The number of phenolic OH excluding ortho intramolecular Hbond substituents is 1. The van der Waals surface area contributed by atoms with Crippen molar-refractivity contribution in [2.75, 3.05) is 20.2 Å². The van der Waals surface area contributed by atoms with Gasteiger partial charge in [0.1, 0.15) is 0 Å². The Balaban J connectivity index is 1.97. The van der Waals surface area contributed by atoms with Gasteiger partial charge in [0, 0.05) is 24.0 Å². The zero-order valence-electron chi connectivity index (χ0n) is 16.6. The molecule has 0 radical (unpaired) electrons. The van der Waals surface area contributed by atoms with E-state index in [1.54, 1.807) is 18.2 Å². The second kappa shape index (κ2) is 7.97. The zero-order valence-corrected chi connectivity index (χ0v) is 17.4. The van der Waals surface area contributed by atoms with Crippen LogP contribution in [-0.2, 0) is 6.54 Å². The van der Waals surface area contributed by atoms with Crippen LogP contribution in [0.3, 0.4) is 0 Å². The summed E-state index contributed by atoms with van der Waals surface area (Å²) in [5, 5.41) is 20.8. The molecule has 0 saturated carbocycles. The number of rotatable bonds is 4. The van der Waals surface area contributed by atoms with E-state index in [-0.39, 0.29) is 16.5 Å². The van der Waals surface area contributed by atoms with Crippen molar-refractivity contribution in [1.82, 2.24) is 9.88 Å². The second-order valence-electron chi connectivity index (χ2n) is 7.16. The topological polar surface area (TPSA) is 82.9 Å². The van der Waals surface area contributed by atoms with E-state index in [2.05, 4.69) is 4.90 Å². The molecule has 0 spiro atoms. The summed E-state index contributed by atoms with van der Waals surface area (Å²) in [7, 11) is 1.46. The Bertz CT molecular complexity index is 1190. The van der Waals surface area contributed by atoms with E-state index in [0.29, 0.717) is 40.8 Å². The van der Waals surface area contributed by atoms with Crippen LogP contribution >= 0.6 is 11.6 Å². The van der Waals surface area contributed by atoms with Crippen LogP contribution in [0.15, 0.2) is 36.4 Å². The summed E-state index contributed by atoms with van der Waals surface area (Å²) in [6.07, 6.45) is 1.92. The largest absolute Gasteiger partial charge is 0.503 e. The van der Waals surface area contributed by atoms with Gasteiger partial charge in [0.25, 0.3) is 0 Å². The number of fused-ring (bicyclic) bond motifs is 2. The van der Waals surface area contributed by atoms with Crippen LogP contribution in [0, 0.1) is 0 Å². The number of ether oxygens (including phenoxy) is 1. The molecule has 30 heavy (non-hydrogen) atoms. The van der Waals surface area contributed by atoms with Crippen LogP contribution in [0.5, 0.6) is 11.5 Å². The molecule has 4 rings (SSSR count). The summed E-state index contributed by atoms with van der Waals surface area (Å²) >= 11 is 6.15. The lowest BCUT2D eigenvalue weighted by atomic mass is 9.92. The van der Waals surface area contributed by atoms with Gasteiger partial charge in [-0.15, -0.1) is 0 Å². The van der Waals surface area contributed by atoms with E-state index in [1.807, 2.05) is 31.2 Å². The summed E-state index contributed by atoms with van der Waals surface area (Å²) < 4.78 is 5.21. The fourth-order valence-corrected chi connectivity index (χ4v) is 4.10. The van der Waals surface area contributed by atoms with Gasteiger partial charge in [-0.3, -0.25) is 4.90 Å². The van der Waals surface area contributed by atoms with Crippen molar-refractivity contribution in [3.05, 3.63) is 63.8 Å². The number of aromatic carboxylic acids is 1. The third kappa shape index (κ3) is 3.49. The molecule has 6 nitrogen and oxygen atoms in total. The molecule has 0 unspecified atom stereocenters. The van der Waals surface area contributed by atoms with Gasteiger partial charge in [-0.1, -0.05) is 36.7 Å². The molecule has 0 amide bonds. The standard InChI is InChI=1S/C23H21ClN2O4/c1-3-26-11-14(8-13-9-17(24)22(27)19(10-13)30-2)21-16(12-26)20(23(28)29)15-6-4-5-7-18(15)25-21/h4-10,27H,3,11-12H2,1-2H3,(H,28,29)/b14-8+. The Hall–Kier alpha value is -3.09. The van der Waals surface area contributed by atoms with E-state index >= 15 is 0 Å². The molecule has 0 saturated heterocycles. The molecule has 0 bridgehead atoms. The Morgan fingerprint density at radius 1 is 1.30 bits per heavy atom. The van der Waals surface area contributed by atoms with Crippen LogP contribution in [-0.4, -0.2) is 46.3 Å². The minimum atomic E-state index is -0.962. The molecule has 2 aromatic carbocycles. The molecular weight excluding hydrogens is 404 g/mol. The lowest BCUT2D eigenvalue weighted by Gasteiger charge is -2.30. The smallest absolute Gasteiger partial charge is 0.336 e. The maximum Gasteiger partial charge on any atom is 0.336 e. The highest BCUT2D eigenvalue weighted by Gasteiger charge is 2.28. The van der Waals surface area contributed by atoms with Gasteiger partial charge in [0.2, 0.25) is 0 Å². The number of aromatic nitrogens is 1. The third-order valence-electron chi connectivity index (χ3n) is 5.35. The summed E-state index contributed by atoms with van der Waals surface area (Å²) in [5.41, 5.74) is 3.94. The van der Waals surface area contributed by atoms with Gasteiger partial charge in [0.15, 0.2) is 11.5 Å². The highest BCUT2D eigenvalue weighted by molar-refractivity contribution is 6.32. The third-order valence-corrected chi connectivity index (χ3v) is 5.63.